The summed E-state index contributed by atoms with van der Waals surface area (Å²) in [5.74, 6) is -0.431. The lowest BCUT2D eigenvalue weighted by Gasteiger charge is -2.33. The second kappa shape index (κ2) is 8.58. The van der Waals surface area contributed by atoms with E-state index in [1.165, 1.54) is 13.2 Å². The quantitative estimate of drug-likeness (QED) is 0.458. The van der Waals surface area contributed by atoms with E-state index in [2.05, 4.69) is 15.7 Å². The van der Waals surface area contributed by atoms with E-state index in [4.69, 9.17) is 4.74 Å². The summed E-state index contributed by atoms with van der Waals surface area (Å²) < 4.78 is 85.9. The molecule has 0 saturated carbocycles. The summed E-state index contributed by atoms with van der Waals surface area (Å²) in [5.41, 5.74) is -0.931. The molecule has 34 heavy (non-hydrogen) atoms. The molecule has 3 aromatic rings. The molecule has 1 aliphatic rings. The molecule has 2 aromatic carbocycles. The van der Waals surface area contributed by atoms with E-state index < -0.39 is 35.9 Å². The first kappa shape index (κ1) is 23.5. The Morgan fingerprint density at radius 3 is 2.41 bits per heavy atom. The minimum Gasteiger partial charge on any atom is -0.497 e. The van der Waals surface area contributed by atoms with Gasteiger partial charge in [-0.05, 0) is 35.9 Å². The molecule has 2 N–H and O–H groups in total. The van der Waals surface area contributed by atoms with E-state index >= 15 is 0 Å². The standard InChI is InChI=1S/C22H18F6N4O2/c1-34-15-7-5-12(6-8-15)16-10-18(22(26,27)28)32-19(30-16)11-17(31-32)20(33)29-14-4-2-3-13(9-14)21(23,24)25/h2-9,11,16,18,30H,10H2,1H3,(H,29,33)/t16-,18-/m1/s1. The molecule has 0 unspecified atom stereocenters. The number of amides is 1. The van der Waals surface area contributed by atoms with Crippen molar-refractivity contribution in [1.82, 2.24) is 9.78 Å². The molecule has 0 spiro atoms. The van der Waals surface area contributed by atoms with Gasteiger partial charge in [-0.2, -0.15) is 31.4 Å². The summed E-state index contributed by atoms with van der Waals surface area (Å²) in [4.78, 5) is 12.6. The number of alkyl halides is 6. The molecule has 0 aliphatic carbocycles. The predicted octanol–water partition coefficient (Wildman–Crippen LogP) is 5.82. The van der Waals surface area contributed by atoms with Gasteiger partial charge in [0.15, 0.2) is 11.7 Å². The summed E-state index contributed by atoms with van der Waals surface area (Å²) >= 11 is 0. The van der Waals surface area contributed by atoms with Crippen molar-refractivity contribution in [3.8, 4) is 5.75 Å². The molecule has 1 amide bonds. The third-order valence-corrected chi connectivity index (χ3v) is 5.39. The maximum absolute atomic E-state index is 13.8. The summed E-state index contributed by atoms with van der Waals surface area (Å²) in [6, 6.07) is 8.83. The van der Waals surface area contributed by atoms with Gasteiger partial charge in [0, 0.05) is 18.2 Å². The second-order valence-electron chi connectivity index (χ2n) is 7.66. The molecule has 0 fully saturated rings. The summed E-state index contributed by atoms with van der Waals surface area (Å²) in [5, 5.41) is 9.00. The zero-order valence-electron chi connectivity index (χ0n) is 17.5. The Balaban J connectivity index is 1.61. The minimum absolute atomic E-state index is 0.0383. The SMILES string of the molecule is COc1ccc([C@H]2C[C@H](C(F)(F)F)n3nc(C(=O)Nc4cccc(C(F)(F)F)c4)cc3N2)cc1. The molecule has 0 bridgehead atoms. The molecule has 1 aromatic heterocycles. The molecule has 1 aliphatic heterocycles. The fraction of sp³-hybridized carbons (Fsp3) is 0.273. The second-order valence-corrected chi connectivity index (χ2v) is 7.66. The van der Waals surface area contributed by atoms with Crippen LogP contribution in [0, 0.1) is 0 Å². The van der Waals surface area contributed by atoms with Crippen molar-refractivity contribution in [3.05, 3.63) is 71.4 Å². The highest BCUT2D eigenvalue weighted by atomic mass is 19.4. The van der Waals surface area contributed by atoms with Crippen LogP contribution < -0.4 is 15.4 Å². The van der Waals surface area contributed by atoms with Crippen molar-refractivity contribution in [2.75, 3.05) is 17.7 Å². The van der Waals surface area contributed by atoms with Crippen molar-refractivity contribution in [2.45, 2.75) is 30.9 Å². The molecule has 12 heteroatoms. The van der Waals surface area contributed by atoms with Gasteiger partial charge in [0.25, 0.3) is 5.91 Å². The highest BCUT2D eigenvalue weighted by Gasteiger charge is 2.46. The lowest BCUT2D eigenvalue weighted by Crippen LogP contribution is -2.35. The maximum atomic E-state index is 13.8. The van der Waals surface area contributed by atoms with Crippen molar-refractivity contribution in [1.29, 1.82) is 0 Å². The fourth-order valence-corrected chi connectivity index (χ4v) is 3.71. The Kier molecular flexibility index (Phi) is 5.92. The number of aromatic nitrogens is 2. The van der Waals surface area contributed by atoms with Gasteiger partial charge in [-0.15, -0.1) is 0 Å². The molecule has 2 atom stereocenters. The topological polar surface area (TPSA) is 68.2 Å². The van der Waals surface area contributed by atoms with E-state index in [0.29, 0.717) is 16.0 Å². The molecular formula is C22H18F6N4O2. The first-order valence-corrected chi connectivity index (χ1v) is 10.0. The molecule has 0 saturated heterocycles. The Hall–Kier alpha value is -3.70. The smallest absolute Gasteiger partial charge is 0.416 e. The van der Waals surface area contributed by atoms with Gasteiger partial charge in [-0.1, -0.05) is 18.2 Å². The van der Waals surface area contributed by atoms with E-state index in [1.807, 2.05) is 0 Å². The van der Waals surface area contributed by atoms with Crippen LogP contribution in [0.5, 0.6) is 5.75 Å². The van der Waals surface area contributed by atoms with Crippen molar-refractivity contribution < 1.29 is 35.9 Å². The molecule has 6 nitrogen and oxygen atoms in total. The van der Waals surface area contributed by atoms with Gasteiger partial charge in [0.05, 0.1) is 18.7 Å². The first-order chi connectivity index (χ1) is 16.0. The van der Waals surface area contributed by atoms with Gasteiger partial charge in [-0.3, -0.25) is 4.79 Å². The Labute approximate surface area is 189 Å². The Morgan fingerprint density at radius 1 is 1.09 bits per heavy atom. The van der Waals surface area contributed by atoms with E-state index in [1.54, 1.807) is 24.3 Å². The number of methoxy groups -OCH3 is 1. The number of rotatable bonds is 4. The predicted molar refractivity (Wildman–Crippen MR) is 111 cm³/mol. The zero-order valence-corrected chi connectivity index (χ0v) is 17.5. The lowest BCUT2D eigenvalue weighted by molar-refractivity contribution is -0.173. The number of hydrogen-bond donors (Lipinski definition) is 2. The van der Waals surface area contributed by atoms with E-state index in [0.717, 1.165) is 24.3 Å². The highest BCUT2D eigenvalue weighted by Crippen LogP contribution is 2.44. The summed E-state index contributed by atoms with van der Waals surface area (Å²) in [6.07, 6.45) is -9.64. The average Bonchev–Trinajstić information content (AvgIpc) is 3.22. The monoisotopic (exact) mass is 484 g/mol. The third-order valence-electron chi connectivity index (χ3n) is 5.39. The zero-order chi connectivity index (χ0) is 24.7. The van der Waals surface area contributed by atoms with Crippen LogP contribution in [0.25, 0.3) is 0 Å². The van der Waals surface area contributed by atoms with Gasteiger partial charge in [0.2, 0.25) is 0 Å². The number of nitrogens with zero attached hydrogens (tertiary/aromatic N) is 2. The molecule has 2 heterocycles. The summed E-state index contributed by atoms with van der Waals surface area (Å²) in [6.45, 7) is 0. The lowest BCUT2D eigenvalue weighted by atomic mass is 9.97. The van der Waals surface area contributed by atoms with Crippen molar-refractivity contribution in [3.63, 3.8) is 0 Å². The number of fused-ring (bicyclic) bond motifs is 1. The van der Waals surface area contributed by atoms with Crippen molar-refractivity contribution in [2.24, 2.45) is 0 Å². The number of halogens is 6. The van der Waals surface area contributed by atoms with Crippen molar-refractivity contribution >= 4 is 17.4 Å². The Bertz CT molecular complexity index is 1190. The minimum atomic E-state index is -4.65. The number of carbonyl (C=O) groups is 1. The number of benzene rings is 2. The van der Waals surface area contributed by atoms with Gasteiger partial charge < -0.3 is 15.4 Å². The van der Waals surface area contributed by atoms with Crippen LogP contribution in [0.2, 0.25) is 0 Å². The van der Waals surface area contributed by atoms with Crippen LogP contribution in [0.1, 0.15) is 40.1 Å². The summed E-state index contributed by atoms with van der Waals surface area (Å²) in [7, 11) is 1.47. The number of nitrogens with one attached hydrogen (secondary N) is 2. The number of ether oxygens (including phenoxy) is 1. The van der Waals surface area contributed by atoms with Gasteiger partial charge >= 0.3 is 12.4 Å². The number of anilines is 2. The van der Waals surface area contributed by atoms with Crippen LogP contribution in [-0.4, -0.2) is 29.0 Å². The fourth-order valence-electron chi connectivity index (χ4n) is 3.71. The van der Waals surface area contributed by atoms with Crippen LogP contribution >= 0.6 is 0 Å². The largest absolute Gasteiger partial charge is 0.497 e. The molecule has 0 radical (unpaired) electrons. The number of hydrogen-bond acceptors (Lipinski definition) is 4. The van der Waals surface area contributed by atoms with Crippen LogP contribution in [-0.2, 0) is 6.18 Å². The molecule has 180 valence electrons. The average molecular weight is 484 g/mol. The van der Waals surface area contributed by atoms with Crippen LogP contribution in [0.15, 0.2) is 54.6 Å². The molecule has 4 rings (SSSR count). The molecular weight excluding hydrogens is 466 g/mol. The van der Waals surface area contributed by atoms with E-state index in [9.17, 15) is 31.1 Å². The Morgan fingerprint density at radius 2 is 1.79 bits per heavy atom. The van der Waals surface area contributed by atoms with Gasteiger partial charge in [0.1, 0.15) is 11.6 Å². The van der Waals surface area contributed by atoms with Crippen LogP contribution in [0.4, 0.5) is 37.8 Å². The van der Waals surface area contributed by atoms with Crippen LogP contribution in [0.3, 0.4) is 0 Å². The highest BCUT2D eigenvalue weighted by molar-refractivity contribution is 6.03. The third kappa shape index (κ3) is 4.80. The first-order valence-electron chi connectivity index (χ1n) is 10.0. The number of carbonyl (C=O) groups excluding carboxylic acids is 1. The van der Waals surface area contributed by atoms with E-state index in [-0.39, 0.29) is 23.6 Å². The maximum Gasteiger partial charge on any atom is 0.416 e. The normalized spacial score (nSPS) is 18.1. The van der Waals surface area contributed by atoms with Gasteiger partial charge in [-0.25, -0.2) is 4.68 Å².